The van der Waals surface area contributed by atoms with Gasteiger partial charge in [0, 0.05) is 18.5 Å². The minimum absolute atomic E-state index is 0.0197. The maximum atomic E-state index is 13.0. The van der Waals surface area contributed by atoms with Gasteiger partial charge in [-0.15, -0.1) is 0 Å². The molecule has 1 heterocycles. The van der Waals surface area contributed by atoms with Crippen molar-refractivity contribution in [2.75, 3.05) is 0 Å². The molecule has 0 aliphatic heterocycles. The lowest BCUT2D eigenvalue weighted by atomic mass is 10.1. The zero-order valence-corrected chi connectivity index (χ0v) is 7.22. The number of halogens is 4. The van der Waals surface area contributed by atoms with Crippen LogP contribution >= 0.6 is 0 Å². The van der Waals surface area contributed by atoms with Crippen LogP contribution in [0.1, 0.15) is 5.56 Å². The Hall–Kier alpha value is -1.72. The van der Waals surface area contributed by atoms with Crippen molar-refractivity contribution in [3.8, 4) is 0 Å². The van der Waals surface area contributed by atoms with Gasteiger partial charge in [-0.2, -0.15) is 13.2 Å². The number of alkyl halides is 3. The van der Waals surface area contributed by atoms with Gasteiger partial charge >= 0.3 is 6.18 Å². The van der Waals surface area contributed by atoms with Gasteiger partial charge in [-0.1, -0.05) is 0 Å². The van der Waals surface area contributed by atoms with E-state index in [2.05, 4.69) is 9.97 Å². The van der Waals surface area contributed by atoms with Gasteiger partial charge in [0.05, 0.1) is 16.6 Å². The van der Waals surface area contributed by atoms with Crippen LogP contribution in [0.2, 0.25) is 0 Å². The molecule has 2 nitrogen and oxygen atoms in total. The molecule has 2 rings (SSSR count). The van der Waals surface area contributed by atoms with Crippen LogP contribution in [-0.4, -0.2) is 9.97 Å². The molecule has 0 unspecified atom stereocenters. The average Bonchev–Trinajstić information content (AvgIpc) is 2.15. The van der Waals surface area contributed by atoms with E-state index in [1.165, 1.54) is 12.4 Å². The molecule has 78 valence electrons. The summed E-state index contributed by atoms with van der Waals surface area (Å²) in [5.41, 5.74) is -1.20. The maximum Gasteiger partial charge on any atom is 0.419 e. The van der Waals surface area contributed by atoms with Gasteiger partial charge in [0.15, 0.2) is 0 Å². The fourth-order valence-corrected chi connectivity index (χ4v) is 1.20. The SMILES string of the molecule is Fc1cc2nccnc2cc1C(F)(F)F. The minimum Gasteiger partial charge on any atom is -0.253 e. The molecule has 0 saturated heterocycles. The number of nitrogens with zero attached hydrogens (tertiary/aromatic N) is 2. The first-order valence-corrected chi connectivity index (χ1v) is 3.96. The Morgan fingerprint density at radius 1 is 0.933 bits per heavy atom. The highest BCUT2D eigenvalue weighted by Crippen LogP contribution is 2.32. The molecule has 0 saturated carbocycles. The van der Waals surface area contributed by atoms with E-state index in [9.17, 15) is 17.6 Å². The summed E-state index contributed by atoms with van der Waals surface area (Å²) < 4.78 is 49.9. The Bertz CT molecular complexity index is 507. The van der Waals surface area contributed by atoms with E-state index in [4.69, 9.17) is 0 Å². The van der Waals surface area contributed by atoms with Crippen molar-refractivity contribution in [3.05, 3.63) is 35.9 Å². The third-order valence-electron chi connectivity index (χ3n) is 1.86. The highest BCUT2D eigenvalue weighted by atomic mass is 19.4. The van der Waals surface area contributed by atoms with Crippen LogP contribution in [0.5, 0.6) is 0 Å². The molecule has 0 atom stereocenters. The fraction of sp³-hybridized carbons (Fsp3) is 0.111. The van der Waals surface area contributed by atoms with Crippen LogP contribution in [-0.2, 0) is 6.18 Å². The zero-order chi connectivity index (χ0) is 11.1. The van der Waals surface area contributed by atoms with Crippen molar-refractivity contribution < 1.29 is 17.6 Å². The highest BCUT2D eigenvalue weighted by molar-refractivity contribution is 5.74. The topological polar surface area (TPSA) is 25.8 Å². The zero-order valence-electron chi connectivity index (χ0n) is 7.22. The van der Waals surface area contributed by atoms with Gasteiger partial charge in [-0.05, 0) is 6.07 Å². The summed E-state index contributed by atoms with van der Waals surface area (Å²) in [7, 11) is 0. The van der Waals surface area contributed by atoms with Crippen molar-refractivity contribution >= 4 is 11.0 Å². The number of aromatic nitrogens is 2. The molecular formula is C9H4F4N2. The van der Waals surface area contributed by atoms with Crippen LogP contribution < -0.4 is 0 Å². The van der Waals surface area contributed by atoms with Crippen LogP contribution in [0.15, 0.2) is 24.5 Å². The Labute approximate surface area is 81.6 Å². The van der Waals surface area contributed by atoms with E-state index in [0.717, 1.165) is 6.07 Å². The molecule has 0 spiro atoms. The van der Waals surface area contributed by atoms with Gasteiger partial charge in [0.25, 0.3) is 0 Å². The van der Waals surface area contributed by atoms with E-state index in [0.29, 0.717) is 6.07 Å². The molecule has 6 heteroatoms. The van der Waals surface area contributed by atoms with Crippen LogP contribution in [0.4, 0.5) is 17.6 Å². The van der Waals surface area contributed by atoms with E-state index < -0.39 is 17.6 Å². The summed E-state index contributed by atoms with van der Waals surface area (Å²) in [6, 6.07) is 1.38. The molecule has 0 N–H and O–H groups in total. The van der Waals surface area contributed by atoms with Crippen molar-refractivity contribution in [2.24, 2.45) is 0 Å². The predicted octanol–water partition coefficient (Wildman–Crippen LogP) is 2.79. The third-order valence-corrected chi connectivity index (χ3v) is 1.86. The number of fused-ring (bicyclic) bond motifs is 1. The second-order valence-corrected chi connectivity index (χ2v) is 2.87. The van der Waals surface area contributed by atoms with Crippen molar-refractivity contribution in [2.45, 2.75) is 6.18 Å². The molecule has 1 aromatic heterocycles. The minimum atomic E-state index is -4.71. The largest absolute Gasteiger partial charge is 0.419 e. The van der Waals surface area contributed by atoms with E-state index in [-0.39, 0.29) is 11.0 Å². The number of benzene rings is 1. The molecule has 2 aromatic rings. The lowest BCUT2D eigenvalue weighted by Gasteiger charge is -2.08. The Kier molecular flexibility index (Phi) is 2.06. The summed E-state index contributed by atoms with van der Waals surface area (Å²) >= 11 is 0. The lowest BCUT2D eigenvalue weighted by molar-refractivity contribution is -0.139. The van der Waals surface area contributed by atoms with Crippen LogP contribution in [0, 0.1) is 5.82 Å². The van der Waals surface area contributed by atoms with Crippen molar-refractivity contribution in [1.29, 1.82) is 0 Å². The summed E-state index contributed by atoms with van der Waals surface area (Å²) in [5, 5.41) is 0. The fourth-order valence-electron chi connectivity index (χ4n) is 1.20. The monoisotopic (exact) mass is 216 g/mol. The summed E-state index contributed by atoms with van der Waals surface area (Å²) in [6.45, 7) is 0. The second kappa shape index (κ2) is 3.15. The Morgan fingerprint density at radius 2 is 1.47 bits per heavy atom. The molecular weight excluding hydrogens is 212 g/mol. The van der Waals surface area contributed by atoms with Gasteiger partial charge < -0.3 is 0 Å². The Morgan fingerprint density at radius 3 is 2.00 bits per heavy atom. The highest BCUT2D eigenvalue weighted by Gasteiger charge is 2.34. The van der Waals surface area contributed by atoms with Crippen molar-refractivity contribution in [1.82, 2.24) is 9.97 Å². The standard InChI is InChI=1S/C9H4F4N2/c10-6-4-8-7(14-1-2-15-8)3-5(6)9(11,12)13/h1-4H. The summed E-state index contributed by atoms with van der Waals surface area (Å²) in [6.07, 6.45) is -2.18. The first-order chi connectivity index (χ1) is 6.98. The average molecular weight is 216 g/mol. The Balaban J connectivity index is 2.73. The van der Waals surface area contributed by atoms with Gasteiger partial charge in [0.1, 0.15) is 5.82 Å². The van der Waals surface area contributed by atoms with E-state index in [1.54, 1.807) is 0 Å². The number of hydrogen-bond donors (Lipinski definition) is 0. The molecule has 1 aromatic carbocycles. The van der Waals surface area contributed by atoms with Crippen LogP contribution in [0.25, 0.3) is 11.0 Å². The van der Waals surface area contributed by atoms with E-state index >= 15 is 0 Å². The molecule has 0 radical (unpaired) electrons. The number of hydrogen-bond acceptors (Lipinski definition) is 2. The quantitative estimate of drug-likeness (QED) is 0.633. The molecule has 0 amide bonds. The first-order valence-electron chi connectivity index (χ1n) is 3.96. The smallest absolute Gasteiger partial charge is 0.253 e. The van der Waals surface area contributed by atoms with Crippen molar-refractivity contribution in [3.63, 3.8) is 0 Å². The van der Waals surface area contributed by atoms with Gasteiger partial charge in [0.2, 0.25) is 0 Å². The normalized spacial score (nSPS) is 12.0. The first kappa shape index (κ1) is 9.82. The third kappa shape index (κ3) is 1.74. The van der Waals surface area contributed by atoms with Crippen LogP contribution in [0.3, 0.4) is 0 Å². The molecule has 15 heavy (non-hydrogen) atoms. The summed E-state index contributed by atoms with van der Waals surface area (Å²) in [4.78, 5) is 7.36. The predicted molar refractivity (Wildman–Crippen MR) is 44.5 cm³/mol. The lowest BCUT2D eigenvalue weighted by Crippen LogP contribution is -2.08. The molecule has 0 bridgehead atoms. The van der Waals surface area contributed by atoms with Gasteiger partial charge in [-0.25, -0.2) is 4.39 Å². The molecule has 0 fully saturated rings. The molecule has 0 aliphatic rings. The molecule has 0 aliphatic carbocycles. The van der Waals surface area contributed by atoms with Gasteiger partial charge in [-0.3, -0.25) is 9.97 Å². The maximum absolute atomic E-state index is 13.0. The number of rotatable bonds is 0. The second-order valence-electron chi connectivity index (χ2n) is 2.87. The summed E-state index contributed by atoms with van der Waals surface area (Å²) in [5.74, 6) is -1.34. The van der Waals surface area contributed by atoms with E-state index in [1.807, 2.05) is 0 Å².